The Labute approximate surface area is 124 Å². The van der Waals surface area contributed by atoms with E-state index in [-0.39, 0.29) is 18.1 Å². The van der Waals surface area contributed by atoms with Crippen molar-refractivity contribution in [3.05, 3.63) is 48.5 Å². The van der Waals surface area contributed by atoms with E-state index < -0.39 is 0 Å². The number of aromatic nitrogens is 2. The molecule has 0 N–H and O–H groups in total. The lowest BCUT2D eigenvalue weighted by Gasteiger charge is -2.35. The molecule has 2 heterocycles. The molecule has 1 aliphatic heterocycles. The van der Waals surface area contributed by atoms with Gasteiger partial charge < -0.3 is 9.64 Å². The molecule has 1 aliphatic rings. The van der Waals surface area contributed by atoms with Crippen molar-refractivity contribution in [3.63, 3.8) is 0 Å². The molecule has 3 rings (SSSR count). The summed E-state index contributed by atoms with van der Waals surface area (Å²) in [6.07, 6.45) is 3.42. The van der Waals surface area contributed by atoms with E-state index in [4.69, 9.17) is 4.74 Å². The minimum Gasteiger partial charge on any atom is -0.372 e. The van der Waals surface area contributed by atoms with Crippen LogP contribution >= 0.6 is 0 Å². The zero-order valence-electron chi connectivity index (χ0n) is 12.3. The number of nitrogens with zero attached hydrogens (tertiary/aromatic N) is 3. The topological polar surface area (TPSA) is 47.4 Å². The van der Waals surface area contributed by atoms with E-state index >= 15 is 0 Å². The molecule has 0 radical (unpaired) electrons. The third kappa shape index (κ3) is 2.83. The van der Waals surface area contributed by atoms with Crippen LogP contribution in [0.15, 0.2) is 42.9 Å². The van der Waals surface area contributed by atoms with Gasteiger partial charge in [0, 0.05) is 18.8 Å². The molecular weight excluding hydrogens is 266 g/mol. The van der Waals surface area contributed by atoms with Gasteiger partial charge in [-0.15, -0.1) is 0 Å². The van der Waals surface area contributed by atoms with Crippen molar-refractivity contribution < 1.29 is 9.53 Å². The number of morpholine rings is 1. The first kappa shape index (κ1) is 13.8. The number of ether oxygens (including phenoxy) is 1. The number of para-hydroxylation sites is 1. The molecule has 0 bridgehead atoms. The first-order chi connectivity index (χ1) is 10.1. The highest BCUT2D eigenvalue weighted by molar-refractivity contribution is 5.93. The van der Waals surface area contributed by atoms with Gasteiger partial charge in [-0.05, 0) is 26.0 Å². The zero-order chi connectivity index (χ0) is 14.8. The van der Waals surface area contributed by atoms with Crippen molar-refractivity contribution in [3.8, 4) is 5.69 Å². The largest absolute Gasteiger partial charge is 0.372 e. The first-order valence-electron chi connectivity index (χ1n) is 7.17. The van der Waals surface area contributed by atoms with Gasteiger partial charge in [0.25, 0.3) is 5.91 Å². The highest BCUT2D eigenvalue weighted by Gasteiger charge is 2.28. The Kier molecular flexibility index (Phi) is 3.75. The predicted molar refractivity (Wildman–Crippen MR) is 79.5 cm³/mol. The van der Waals surface area contributed by atoms with E-state index in [2.05, 4.69) is 4.98 Å². The normalized spacial score (nSPS) is 22.3. The van der Waals surface area contributed by atoms with Gasteiger partial charge in [0.2, 0.25) is 0 Å². The van der Waals surface area contributed by atoms with E-state index in [0.29, 0.717) is 18.8 Å². The average molecular weight is 285 g/mol. The van der Waals surface area contributed by atoms with Gasteiger partial charge in [0.05, 0.1) is 24.7 Å². The van der Waals surface area contributed by atoms with Gasteiger partial charge in [-0.25, -0.2) is 4.98 Å². The average Bonchev–Trinajstić information content (AvgIpc) is 2.95. The molecule has 110 valence electrons. The van der Waals surface area contributed by atoms with Crippen LogP contribution < -0.4 is 0 Å². The Balaban J connectivity index is 1.88. The summed E-state index contributed by atoms with van der Waals surface area (Å²) in [5.74, 6) is -0.00152. The van der Waals surface area contributed by atoms with E-state index in [9.17, 15) is 4.79 Å². The second-order valence-electron chi connectivity index (χ2n) is 5.45. The standard InChI is InChI=1S/C16H19N3O2/c1-12-9-18(10-13(2)21-12)16(20)15-8-17-11-19(15)14-6-4-3-5-7-14/h3-8,11-13H,9-10H2,1-2H3/t12-,13-/m0/s1. The van der Waals surface area contributed by atoms with Crippen molar-refractivity contribution in [2.24, 2.45) is 0 Å². The minimum absolute atomic E-state index is 0.00152. The maximum Gasteiger partial charge on any atom is 0.272 e. The van der Waals surface area contributed by atoms with Crippen molar-refractivity contribution >= 4 is 5.91 Å². The highest BCUT2D eigenvalue weighted by atomic mass is 16.5. The molecule has 2 atom stereocenters. The number of imidazole rings is 1. The summed E-state index contributed by atoms with van der Waals surface area (Å²) in [5.41, 5.74) is 1.52. The van der Waals surface area contributed by atoms with Crippen LogP contribution in [-0.4, -0.2) is 45.7 Å². The molecule has 21 heavy (non-hydrogen) atoms. The van der Waals surface area contributed by atoms with E-state index in [1.54, 1.807) is 12.5 Å². The number of rotatable bonds is 2. The lowest BCUT2D eigenvalue weighted by molar-refractivity contribution is -0.0587. The quantitative estimate of drug-likeness (QED) is 0.849. The molecule has 1 amide bonds. The van der Waals surface area contributed by atoms with Crippen LogP contribution in [-0.2, 0) is 4.74 Å². The molecule has 1 aromatic heterocycles. The van der Waals surface area contributed by atoms with Crippen molar-refractivity contribution in [2.45, 2.75) is 26.1 Å². The SMILES string of the molecule is C[C@H]1CN(C(=O)c2cncn2-c2ccccc2)C[C@H](C)O1. The van der Waals surface area contributed by atoms with Gasteiger partial charge in [-0.2, -0.15) is 0 Å². The molecule has 1 saturated heterocycles. The molecular formula is C16H19N3O2. The molecule has 5 heteroatoms. The predicted octanol–water partition coefficient (Wildman–Crippen LogP) is 2.12. The lowest BCUT2D eigenvalue weighted by atomic mass is 10.2. The van der Waals surface area contributed by atoms with Crippen LogP contribution in [0.1, 0.15) is 24.3 Å². The van der Waals surface area contributed by atoms with Crippen LogP contribution in [0.5, 0.6) is 0 Å². The Morgan fingerprint density at radius 2 is 1.86 bits per heavy atom. The fraction of sp³-hybridized carbons (Fsp3) is 0.375. The van der Waals surface area contributed by atoms with Crippen LogP contribution in [0.3, 0.4) is 0 Å². The zero-order valence-corrected chi connectivity index (χ0v) is 12.3. The molecule has 1 fully saturated rings. The second-order valence-corrected chi connectivity index (χ2v) is 5.45. The molecule has 0 saturated carbocycles. The van der Waals surface area contributed by atoms with Gasteiger partial charge in [-0.1, -0.05) is 18.2 Å². The fourth-order valence-electron chi connectivity index (χ4n) is 2.75. The number of carbonyl (C=O) groups excluding carboxylic acids is 1. The number of amides is 1. The molecule has 0 spiro atoms. The van der Waals surface area contributed by atoms with Crippen molar-refractivity contribution in [1.82, 2.24) is 14.5 Å². The van der Waals surface area contributed by atoms with Crippen molar-refractivity contribution in [1.29, 1.82) is 0 Å². The summed E-state index contributed by atoms with van der Waals surface area (Å²) < 4.78 is 7.51. The van der Waals surface area contributed by atoms with Crippen LogP contribution in [0.4, 0.5) is 0 Å². The molecule has 0 unspecified atom stereocenters. The Morgan fingerprint density at radius 1 is 1.19 bits per heavy atom. The number of carbonyl (C=O) groups is 1. The summed E-state index contributed by atoms with van der Waals surface area (Å²) in [6.45, 7) is 5.21. The third-order valence-electron chi connectivity index (χ3n) is 3.60. The summed E-state index contributed by atoms with van der Waals surface area (Å²) in [6, 6.07) is 9.77. The van der Waals surface area contributed by atoms with Crippen molar-refractivity contribution in [2.75, 3.05) is 13.1 Å². The fourth-order valence-corrected chi connectivity index (χ4v) is 2.75. The summed E-state index contributed by atoms with van der Waals surface area (Å²) >= 11 is 0. The lowest BCUT2D eigenvalue weighted by Crippen LogP contribution is -2.48. The smallest absolute Gasteiger partial charge is 0.272 e. The van der Waals surface area contributed by atoms with Gasteiger partial charge in [0.1, 0.15) is 5.69 Å². The maximum absolute atomic E-state index is 12.8. The van der Waals surface area contributed by atoms with Crippen LogP contribution in [0.2, 0.25) is 0 Å². The monoisotopic (exact) mass is 285 g/mol. The number of hydrogen-bond acceptors (Lipinski definition) is 3. The van der Waals surface area contributed by atoms with E-state index in [1.165, 1.54) is 0 Å². The molecule has 1 aromatic carbocycles. The number of benzene rings is 1. The minimum atomic E-state index is -0.00152. The maximum atomic E-state index is 12.8. The van der Waals surface area contributed by atoms with E-state index in [1.807, 2.05) is 53.6 Å². The first-order valence-corrected chi connectivity index (χ1v) is 7.17. The van der Waals surface area contributed by atoms with E-state index in [0.717, 1.165) is 5.69 Å². The summed E-state index contributed by atoms with van der Waals surface area (Å²) in [5, 5.41) is 0. The van der Waals surface area contributed by atoms with Gasteiger partial charge in [-0.3, -0.25) is 9.36 Å². The van der Waals surface area contributed by atoms with Crippen LogP contribution in [0, 0.1) is 0 Å². The third-order valence-corrected chi connectivity index (χ3v) is 3.60. The Morgan fingerprint density at radius 3 is 2.52 bits per heavy atom. The Bertz CT molecular complexity index is 613. The summed E-state index contributed by atoms with van der Waals surface area (Å²) in [4.78, 5) is 18.7. The van der Waals surface area contributed by atoms with Gasteiger partial charge in [0.15, 0.2) is 0 Å². The second kappa shape index (κ2) is 5.69. The molecule has 5 nitrogen and oxygen atoms in total. The van der Waals surface area contributed by atoms with Gasteiger partial charge >= 0.3 is 0 Å². The molecule has 2 aromatic rings. The molecule has 0 aliphatic carbocycles. The summed E-state index contributed by atoms with van der Waals surface area (Å²) in [7, 11) is 0. The highest BCUT2D eigenvalue weighted by Crippen LogP contribution is 2.17. The number of hydrogen-bond donors (Lipinski definition) is 0. The van der Waals surface area contributed by atoms with Crippen LogP contribution in [0.25, 0.3) is 5.69 Å². The Hall–Kier alpha value is -2.14.